The highest BCUT2D eigenvalue weighted by Crippen LogP contribution is 2.59. The largest absolute Gasteiger partial charge is 0.508 e. The highest BCUT2D eigenvalue weighted by molar-refractivity contribution is 6.74. The number of hydrogen-bond donors (Lipinski definition) is 1. The van der Waals surface area contributed by atoms with E-state index in [1.165, 1.54) is 0 Å². The predicted octanol–water partition coefficient (Wildman–Crippen LogP) is 6.70. The van der Waals surface area contributed by atoms with Crippen LogP contribution in [-0.4, -0.2) is 54.7 Å². The van der Waals surface area contributed by atoms with Crippen LogP contribution in [0.2, 0.25) is 18.1 Å². The minimum atomic E-state index is -2.73. The van der Waals surface area contributed by atoms with Crippen molar-refractivity contribution in [2.24, 2.45) is 11.8 Å². The van der Waals surface area contributed by atoms with E-state index in [2.05, 4.69) is 39.0 Å². The van der Waals surface area contributed by atoms with Crippen molar-refractivity contribution in [3.05, 3.63) is 93.9 Å². The van der Waals surface area contributed by atoms with E-state index in [9.17, 15) is 9.90 Å². The molecule has 3 aliphatic carbocycles. The Labute approximate surface area is 253 Å². The van der Waals surface area contributed by atoms with Gasteiger partial charge in [0.15, 0.2) is 25.5 Å². The Hall–Kier alpha value is -3.53. The smallest absolute Gasteiger partial charge is 0.265 e. The van der Waals surface area contributed by atoms with Crippen molar-refractivity contribution in [3.8, 4) is 5.88 Å². The second kappa shape index (κ2) is 10.3. The quantitative estimate of drug-likeness (QED) is 0.312. The van der Waals surface area contributed by atoms with Crippen molar-refractivity contribution in [1.82, 2.24) is 10.1 Å². The summed E-state index contributed by atoms with van der Waals surface area (Å²) in [6, 6.07) is 16.7. The molecule has 0 fully saturated rings. The number of carbonyl (C=O) groups is 2. The summed E-state index contributed by atoms with van der Waals surface area (Å²) in [5.41, 5.74) is 1.08. The number of aliphatic hydroxyl groups is 1. The number of Topliss-reactive ketones (excluding diaryl/α,β-unsaturated/α-hetero) is 2. The van der Waals surface area contributed by atoms with Gasteiger partial charge in [0.25, 0.3) is 5.88 Å². The summed E-state index contributed by atoms with van der Waals surface area (Å²) in [6.45, 7) is 10.6. The van der Waals surface area contributed by atoms with Gasteiger partial charge in [0, 0.05) is 17.1 Å². The van der Waals surface area contributed by atoms with Gasteiger partial charge in [-0.1, -0.05) is 75.4 Å². The number of carbonyl (C=O) groups excluding carboxylic acids is 2. The van der Waals surface area contributed by atoms with Crippen molar-refractivity contribution >= 4 is 19.9 Å². The fourth-order valence-electron chi connectivity index (χ4n) is 6.81. The lowest BCUT2D eigenvalue weighted by molar-refractivity contribution is -0.0480. The van der Waals surface area contributed by atoms with E-state index in [0.717, 1.165) is 11.1 Å². The first kappa shape index (κ1) is 29.5. The molecule has 0 saturated carbocycles. The number of aromatic nitrogens is 1. The lowest BCUT2D eigenvalue weighted by Crippen LogP contribution is -2.65. The van der Waals surface area contributed by atoms with Crippen molar-refractivity contribution in [2.75, 3.05) is 14.1 Å². The van der Waals surface area contributed by atoms with E-state index in [4.69, 9.17) is 13.7 Å². The molecule has 43 heavy (non-hydrogen) atoms. The Morgan fingerprint density at radius 1 is 1.07 bits per heavy atom. The van der Waals surface area contributed by atoms with Gasteiger partial charge in [-0.15, -0.1) is 0 Å². The topological polar surface area (TPSA) is 102 Å². The van der Waals surface area contributed by atoms with Crippen LogP contribution in [0.15, 0.2) is 70.5 Å². The average molecular weight is 601 g/mol. The Balaban J connectivity index is 1.57. The minimum absolute atomic E-state index is 0.0626. The van der Waals surface area contributed by atoms with E-state index in [1.807, 2.05) is 67.5 Å². The SMILES string of the molecule is CN(C)[C@@H]1c2onc(OCc3ccccc3)c2C(=O)[C@@]2(O[Si](C)(C)C(C)(C)C)C(O)=C3C(=O)c4ccccc4C[C@H]3C[C@@H]12. The maximum absolute atomic E-state index is 15.1. The van der Waals surface area contributed by atoms with Crippen LogP contribution in [0.4, 0.5) is 0 Å². The van der Waals surface area contributed by atoms with Gasteiger partial charge in [-0.05, 0) is 67.3 Å². The van der Waals surface area contributed by atoms with Gasteiger partial charge in [-0.2, -0.15) is 0 Å². The fraction of sp³-hybridized carbons (Fsp3) is 0.441. The molecule has 1 heterocycles. The van der Waals surface area contributed by atoms with Crippen molar-refractivity contribution in [2.45, 2.75) is 70.0 Å². The molecule has 0 unspecified atom stereocenters. The number of benzene rings is 2. The fourth-order valence-corrected chi connectivity index (χ4v) is 8.26. The zero-order valence-corrected chi connectivity index (χ0v) is 26.9. The predicted molar refractivity (Wildman–Crippen MR) is 165 cm³/mol. The van der Waals surface area contributed by atoms with Crippen LogP contribution in [0, 0.1) is 11.8 Å². The number of fused-ring (bicyclic) bond motifs is 4. The van der Waals surface area contributed by atoms with Crippen molar-refractivity contribution in [3.63, 3.8) is 0 Å². The van der Waals surface area contributed by atoms with Crippen LogP contribution in [0.25, 0.3) is 0 Å². The van der Waals surface area contributed by atoms with Gasteiger partial charge < -0.3 is 18.8 Å². The van der Waals surface area contributed by atoms with Gasteiger partial charge >= 0.3 is 0 Å². The molecule has 1 N–H and O–H groups in total. The first-order chi connectivity index (χ1) is 20.3. The van der Waals surface area contributed by atoms with Crippen LogP contribution in [0.1, 0.15) is 70.8 Å². The number of rotatable bonds is 6. The number of nitrogens with zero attached hydrogens (tertiary/aromatic N) is 2. The standard InChI is InChI=1S/C34H40N2O6Si/c1-33(2,3)43(6,7)42-34-24(18-22-17-21-15-11-12-16-23(21)28(37)25(22)30(34)38)27(36(4)5)29-26(31(34)39)32(35-41-29)40-19-20-13-9-8-10-14-20/h8-16,22,24,27,38H,17-19H2,1-7H3/t22-,24-,27-,34-/m0/s1. The second-order valence-corrected chi connectivity index (χ2v) is 18.6. The highest BCUT2D eigenvalue weighted by Gasteiger charge is 2.67. The zero-order valence-electron chi connectivity index (χ0n) is 25.9. The van der Waals surface area contributed by atoms with Gasteiger partial charge in [0.05, 0.1) is 6.04 Å². The van der Waals surface area contributed by atoms with Crippen LogP contribution in [0.5, 0.6) is 5.88 Å². The summed E-state index contributed by atoms with van der Waals surface area (Å²) >= 11 is 0. The molecule has 3 aliphatic rings. The highest BCUT2D eigenvalue weighted by atomic mass is 28.4. The summed E-state index contributed by atoms with van der Waals surface area (Å²) < 4.78 is 19.2. The monoisotopic (exact) mass is 600 g/mol. The average Bonchev–Trinajstić information content (AvgIpc) is 3.36. The molecule has 6 rings (SSSR count). The Morgan fingerprint density at radius 2 is 1.74 bits per heavy atom. The zero-order chi connectivity index (χ0) is 30.9. The maximum atomic E-state index is 15.1. The van der Waals surface area contributed by atoms with Crippen molar-refractivity contribution < 1.29 is 28.4 Å². The molecular weight excluding hydrogens is 560 g/mol. The molecule has 0 saturated heterocycles. The van der Waals surface area contributed by atoms with Crippen LogP contribution in [0.3, 0.4) is 0 Å². The van der Waals surface area contributed by atoms with Crippen LogP contribution >= 0.6 is 0 Å². The molecular formula is C34H40N2O6Si. The molecule has 0 aliphatic heterocycles. The molecule has 0 bridgehead atoms. The summed E-state index contributed by atoms with van der Waals surface area (Å²) in [6.07, 6.45) is 1.06. The number of ketones is 2. The summed E-state index contributed by atoms with van der Waals surface area (Å²) in [7, 11) is 1.11. The summed E-state index contributed by atoms with van der Waals surface area (Å²) in [5, 5.41) is 16.4. The number of ether oxygens (including phenoxy) is 1. The number of aliphatic hydroxyl groups excluding tert-OH is 1. The van der Waals surface area contributed by atoms with Crippen LogP contribution in [-0.2, 0) is 17.5 Å². The Bertz CT molecular complexity index is 1620. The van der Waals surface area contributed by atoms with Gasteiger partial charge in [0.1, 0.15) is 17.9 Å². The molecule has 226 valence electrons. The van der Waals surface area contributed by atoms with E-state index in [0.29, 0.717) is 24.2 Å². The van der Waals surface area contributed by atoms with Gasteiger partial charge in [-0.25, -0.2) is 0 Å². The Kier molecular flexibility index (Phi) is 7.06. The third-order valence-corrected chi connectivity index (χ3v) is 14.4. The van der Waals surface area contributed by atoms with Crippen LogP contribution < -0.4 is 4.74 Å². The number of hydrogen-bond acceptors (Lipinski definition) is 8. The molecule has 4 atom stereocenters. The molecule has 2 aromatic carbocycles. The van der Waals surface area contributed by atoms with E-state index in [1.54, 1.807) is 6.07 Å². The third kappa shape index (κ3) is 4.51. The van der Waals surface area contributed by atoms with Gasteiger partial charge in [-0.3, -0.25) is 14.5 Å². The molecule has 8 nitrogen and oxygen atoms in total. The van der Waals surface area contributed by atoms with E-state index < -0.39 is 31.7 Å². The van der Waals surface area contributed by atoms with E-state index in [-0.39, 0.29) is 46.1 Å². The minimum Gasteiger partial charge on any atom is -0.508 e. The molecule has 1 aromatic heterocycles. The lowest BCUT2D eigenvalue weighted by atomic mass is 9.58. The second-order valence-electron chi connectivity index (χ2n) is 13.8. The van der Waals surface area contributed by atoms with Crippen molar-refractivity contribution in [1.29, 1.82) is 0 Å². The molecule has 0 amide bonds. The lowest BCUT2D eigenvalue weighted by Gasteiger charge is -2.55. The molecule has 9 heteroatoms. The summed E-state index contributed by atoms with van der Waals surface area (Å²) in [4.78, 5) is 31.1. The first-order valence-corrected chi connectivity index (χ1v) is 17.8. The molecule has 0 radical (unpaired) electrons. The first-order valence-electron chi connectivity index (χ1n) is 14.9. The molecule has 3 aromatic rings. The maximum Gasteiger partial charge on any atom is 0.265 e. The summed E-state index contributed by atoms with van der Waals surface area (Å²) in [5.74, 6) is -1.31. The normalized spacial score (nSPS) is 25.3. The molecule has 0 spiro atoms. The van der Waals surface area contributed by atoms with Gasteiger partial charge in [0.2, 0.25) is 5.78 Å². The number of allylic oxidation sites excluding steroid dienone is 1. The Morgan fingerprint density at radius 3 is 2.42 bits per heavy atom. The van der Waals surface area contributed by atoms with E-state index >= 15 is 4.79 Å². The third-order valence-electron chi connectivity index (χ3n) is 9.95.